The van der Waals surface area contributed by atoms with Gasteiger partial charge in [0, 0.05) is 0 Å². The minimum atomic E-state index is -0.854. The lowest BCUT2D eigenvalue weighted by Gasteiger charge is -2.12. The maximum Gasteiger partial charge on any atom is 0.323 e. The molecule has 0 aliphatic heterocycles. The Balaban J connectivity index is 1.72. The zero-order chi connectivity index (χ0) is 18.2. The molecule has 0 bridgehead atoms. The number of hydrogen-bond donors (Lipinski definition) is 3. The van der Waals surface area contributed by atoms with Gasteiger partial charge in [0.2, 0.25) is 0 Å². The zero-order valence-corrected chi connectivity index (χ0v) is 14.1. The molecule has 0 aliphatic carbocycles. The average Bonchev–Trinajstić information content (AvgIpc) is 2.62. The maximum absolute atomic E-state index is 11.9. The fourth-order valence-corrected chi connectivity index (χ4v) is 2.26. The highest BCUT2D eigenvalue weighted by Crippen LogP contribution is 2.25. The molecule has 134 valence electrons. The number of nitrogens with two attached hydrogens (primary N) is 1. The molecule has 0 aliphatic rings. The summed E-state index contributed by atoms with van der Waals surface area (Å²) in [6.45, 7) is 2.42. The Kier molecular flexibility index (Phi) is 6.65. The number of carbonyl (C=O) groups excluding carboxylic acids is 1. The Morgan fingerprint density at radius 2 is 1.72 bits per heavy atom. The average molecular weight is 345 g/mol. The van der Waals surface area contributed by atoms with Crippen molar-refractivity contribution in [3.8, 4) is 17.2 Å². The molecule has 2 aromatic rings. The van der Waals surface area contributed by atoms with E-state index < -0.39 is 12.0 Å². The number of ether oxygens (including phenoxy) is 2. The summed E-state index contributed by atoms with van der Waals surface area (Å²) >= 11 is 0. The molecule has 2 aromatic carbocycles. The number of phenolic OH excluding ortho intramolecular Hbond substituents is 2. The SMILES string of the molecule is CCc1ccc(OCCOC(=O)[C@@H](N)Cc2ccc(O)c(O)c2)cc1. The van der Waals surface area contributed by atoms with Crippen LogP contribution in [-0.2, 0) is 22.4 Å². The van der Waals surface area contributed by atoms with Gasteiger partial charge in [-0.05, 0) is 48.2 Å². The van der Waals surface area contributed by atoms with E-state index in [1.54, 1.807) is 6.07 Å². The zero-order valence-electron chi connectivity index (χ0n) is 14.1. The quantitative estimate of drug-likeness (QED) is 0.385. The molecule has 6 heteroatoms. The summed E-state index contributed by atoms with van der Waals surface area (Å²) in [5.41, 5.74) is 7.66. The van der Waals surface area contributed by atoms with E-state index in [2.05, 4.69) is 6.92 Å². The lowest BCUT2D eigenvalue weighted by atomic mass is 10.1. The lowest BCUT2D eigenvalue weighted by Crippen LogP contribution is -2.35. The van der Waals surface area contributed by atoms with Crippen molar-refractivity contribution in [2.75, 3.05) is 13.2 Å². The highest BCUT2D eigenvalue weighted by atomic mass is 16.6. The first-order valence-corrected chi connectivity index (χ1v) is 8.14. The van der Waals surface area contributed by atoms with E-state index in [1.165, 1.54) is 17.7 Å². The molecule has 0 unspecified atom stereocenters. The summed E-state index contributed by atoms with van der Waals surface area (Å²) in [5, 5.41) is 18.7. The second kappa shape index (κ2) is 8.94. The van der Waals surface area contributed by atoms with Crippen LogP contribution in [0, 0.1) is 0 Å². The van der Waals surface area contributed by atoms with Gasteiger partial charge < -0.3 is 25.4 Å². The Labute approximate surface area is 146 Å². The van der Waals surface area contributed by atoms with Gasteiger partial charge in [-0.25, -0.2) is 0 Å². The van der Waals surface area contributed by atoms with E-state index in [9.17, 15) is 15.0 Å². The van der Waals surface area contributed by atoms with E-state index in [0.717, 1.165) is 12.2 Å². The third-order valence-electron chi connectivity index (χ3n) is 3.73. The van der Waals surface area contributed by atoms with Crippen molar-refractivity contribution in [1.82, 2.24) is 0 Å². The van der Waals surface area contributed by atoms with Crippen LogP contribution in [0.4, 0.5) is 0 Å². The molecule has 25 heavy (non-hydrogen) atoms. The van der Waals surface area contributed by atoms with Crippen LogP contribution in [0.3, 0.4) is 0 Å². The number of carbonyl (C=O) groups is 1. The van der Waals surface area contributed by atoms with Gasteiger partial charge in [-0.3, -0.25) is 4.79 Å². The van der Waals surface area contributed by atoms with Crippen molar-refractivity contribution < 1.29 is 24.5 Å². The fraction of sp³-hybridized carbons (Fsp3) is 0.316. The molecule has 0 heterocycles. The van der Waals surface area contributed by atoms with E-state index in [0.29, 0.717) is 5.56 Å². The predicted molar refractivity (Wildman–Crippen MR) is 93.7 cm³/mol. The largest absolute Gasteiger partial charge is 0.504 e. The maximum atomic E-state index is 11.9. The Morgan fingerprint density at radius 3 is 2.36 bits per heavy atom. The highest BCUT2D eigenvalue weighted by Gasteiger charge is 2.16. The van der Waals surface area contributed by atoms with Gasteiger partial charge in [-0.2, -0.15) is 0 Å². The second-order valence-corrected chi connectivity index (χ2v) is 5.65. The van der Waals surface area contributed by atoms with Gasteiger partial charge in [0.25, 0.3) is 0 Å². The molecule has 4 N–H and O–H groups in total. The molecular formula is C19H23NO5. The van der Waals surface area contributed by atoms with Crippen LogP contribution >= 0.6 is 0 Å². The van der Waals surface area contributed by atoms with Crippen molar-refractivity contribution in [2.45, 2.75) is 25.8 Å². The Hall–Kier alpha value is -2.73. The van der Waals surface area contributed by atoms with E-state index in [-0.39, 0.29) is 31.1 Å². The second-order valence-electron chi connectivity index (χ2n) is 5.65. The van der Waals surface area contributed by atoms with E-state index in [1.807, 2.05) is 24.3 Å². The normalized spacial score (nSPS) is 11.8. The smallest absolute Gasteiger partial charge is 0.323 e. The number of benzene rings is 2. The summed E-state index contributed by atoms with van der Waals surface area (Å²) in [4.78, 5) is 11.9. The molecule has 0 spiro atoms. The summed E-state index contributed by atoms with van der Waals surface area (Å²) in [5.74, 6) is -0.292. The minimum absolute atomic E-state index is 0.100. The van der Waals surface area contributed by atoms with Crippen molar-refractivity contribution in [2.24, 2.45) is 5.73 Å². The monoisotopic (exact) mass is 345 g/mol. The van der Waals surface area contributed by atoms with Crippen molar-refractivity contribution in [3.05, 3.63) is 53.6 Å². The van der Waals surface area contributed by atoms with Crippen molar-refractivity contribution in [1.29, 1.82) is 0 Å². The van der Waals surface area contributed by atoms with Crippen LogP contribution in [0.1, 0.15) is 18.1 Å². The van der Waals surface area contributed by atoms with Crippen molar-refractivity contribution >= 4 is 5.97 Å². The van der Waals surface area contributed by atoms with Crippen LogP contribution in [0.2, 0.25) is 0 Å². The molecular weight excluding hydrogens is 322 g/mol. The van der Waals surface area contributed by atoms with Gasteiger partial charge in [0.05, 0.1) is 0 Å². The van der Waals surface area contributed by atoms with E-state index >= 15 is 0 Å². The number of phenols is 2. The first kappa shape index (κ1) is 18.6. The minimum Gasteiger partial charge on any atom is -0.504 e. The molecule has 1 atom stereocenters. The lowest BCUT2D eigenvalue weighted by molar-refractivity contribution is -0.145. The standard InChI is InChI=1S/C19H23NO5/c1-2-13-3-6-15(7-4-13)24-9-10-25-19(23)16(20)11-14-5-8-17(21)18(22)12-14/h3-8,12,16,21-22H,2,9-11,20H2,1H3/t16-/m0/s1. The van der Waals surface area contributed by atoms with Gasteiger partial charge in [-0.15, -0.1) is 0 Å². The molecule has 0 saturated carbocycles. The molecule has 0 amide bonds. The number of rotatable bonds is 8. The summed E-state index contributed by atoms with van der Waals surface area (Å²) in [7, 11) is 0. The molecule has 2 rings (SSSR count). The Bertz CT molecular complexity index is 699. The summed E-state index contributed by atoms with van der Waals surface area (Å²) in [6.07, 6.45) is 1.17. The summed E-state index contributed by atoms with van der Waals surface area (Å²) in [6, 6.07) is 11.2. The predicted octanol–water partition coefficient (Wildman–Crippen LogP) is 2.15. The topological polar surface area (TPSA) is 102 Å². The molecule has 0 fully saturated rings. The number of aromatic hydroxyl groups is 2. The third kappa shape index (κ3) is 5.69. The van der Waals surface area contributed by atoms with Crippen molar-refractivity contribution in [3.63, 3.8) is 0 Å². The van der Waals surface area contributed by atoms with Crippen LogP contribution in [0.15, 0.2) is 42.5 Å². The number of hydrogen-bond acceptors (Lipinski definition) is 6. The fourth-order valence-electron chi connectivity index (χ4n) is 2.26. The van der Waals surface area contributed by atoms with Crippen LogP contribution in [0.25, 0.3) is 0 Å². The van der Waals surface area contributed by atoms with E-state index in [4.69, 9.17) is 15.2 Å². The highest BCUT2D eigenvalue weighted by molar-refractivity contribution is 5.75. The van der Waals surface area contributed by atoms with Gasteiger partial charge in [0.15, 0.2) is 11.5 Å². The van der Waals surface area contributed by atoms with Crippen LogP contribution in [-0.4, -0.2) is 35.4 Å². The van der Waals surface area contributed by atoms with Crippen LogP contribution in [0.5, 0.6) is 17.2 Å². The first-order chi connectivity index (χ1) is 12.0. The summed E-state index contributed by atoms with van der Waals surface area (Å²) < 4.78 is 10.6. The third-order valence-corrected chi connectivity index (χ3v) is 3.73. The van der Waals surface area contributed by atoms with Gasteiger partial charge in [0.1, 0.15) is 25.0 Å². The van der Waals surface area contributed by atoms with Gasteiger partial charge in [-0.1, -0.05) is 25.1 Å². The van der Waals surface area contributed by atoms with Gasteiger partial charge >= 0.3 is 5.97 Å². The number of aryl methyl sites for hydroxylation is 1. The number of esters is 1. The van der Waals surface area contributed by atoms with Crippen LogP contribution < -0.4 is 10.5 Å². The molecule has 0 aromatic heterocycles. The molecule has 6 nitrogen and oxygen atoms in total. The first-order valence-electron chi connectivity index (χ1n) is 8.14. The Morgan fingerprint density at radius 1 is 1.04 bits per heavy atom. The molecule has 0 saturated heterocycles. The molecule has 0 radical (unpaired) electrons.